The number of benzene rings is 2. The molecule has 1 saturated heterocycles. The smallest absolute Gasteiger partial charge is 0.260 e. The summed E-state index contributed by atoms with van der Waals surface area (Å²) < 4.78 is 22.5. The van der Waals surface area contributed by atoms with E-state index in [0.29, 0.717) is 12.3 Å². The lowest BCUT2D eigenvalue weighted by molar-refractivity contribution is -0.139. The van der Waals surface area contributed by atoms with Crippen LogP contribution in [0.15, 0.2) is 42.2 Å². The number of carbonyl (C=O) groups is 1. The van der Waals surface area contributed by atoms with Crippen LogP contribution in [0, 0.1) is 12.7 Å². The number of amides is 1. The molecule has 0 radical (unpaired) electrons. The summed E-state index contributed by atoms with van der Waals surface area (Å²) in [6.45, 7) is 8.17. The topological polar surface area (TPSA) is 32.8 Å². The van der Waals surface area contributed by atoms with E-state index < -0.39 is 0 Å². The molecule has 0 aliphatic carbocycles. The predicted octanol–water partition coefficient (Wildman–Crippen LogP) is 6.68. The molecule has 2 aromatic carbocycles. The van der Waals surface area contributed by atoms with Gasteiger partial charge in [-0.3, -0.25) is 9.69 Å². The molecule has 0 bridgehead atoms. The summed E-state index contributed by atoms with van der Waals surface area (Å²) in [6.07, 6.45) is 0. The lowest BCUT2D eigenvalue weighted by atomic mass is 10.1. The standard InChI is InChI=1S/C22H23Br4FN2O2/c1-12-9-29(13(2)8-28(12)10-15-4-6-16(27)7-5-15)17(30)11-31-22-14(3)18(23)19(24)20(25)21(22)26/h4-7,12-13H,8-11H2,1-3H3. The average molecular weight is 686 g/mol. The van der Waals surface area contributed by atoms with Crippen molar-refractivity contribution in [1.82, 2.24) is 9.80 Å². The third-order valence-corrected chi connectivity index (χ3v) is 10.5. The molecular formula is C22H23Br4FN2O2. The fourth-order valence-corrected chi connectivity index (χ4v) is 6.09. The van der Waals surface area contributed by atoms with Gasteiger partial charge in [0.25, 0.3) is 5.91 Å². The van der Waals surface area contributed by atoms with Crippen molar-refractivity contribution in [2.45, 2.75) is 39.4 Å². The number of hydrogen-bond acceptors (Lipinski definition) is 3. The number of carbonyl (C=O) groups excluding carboxylic acids is 1. The van der Waals surface area contributed by atoms with Crippen LogP contribution in [0.25, 0.3) is 0 Å². The van der Waals surface area contributed by atoms with Gasteiger partial charge in [-0.15, -0.1) is 0 Å². The molecule has 0 N–H and O–H groups in total. The molecule has 9 heteroatoms. The van der Waals surface area contributed by atoms with Crippen molar-refractivity contribution < 1.29 is 13.9 Å². The Kier molecular flexibility index (Phi) is 8.63. The van der Waals surface area contributed by atoms with E-state index in [1.54, 1.807) is 0 Å². The molecule has 3 rings (SSSR count). The van der Waals surface area contributed by atoms with Gasteiger partial charge >= 0.3 is 0 Å². The first-order valence-corrected chi connectivity index (χ1v) is 13.0. The Morgan fingerprint density at radius 3 is 2.26 bits per heavy atom. The van der Waals surface area contributed by atoms with Crippen LogP contribution in [-0.4, -0.2) is 47.5 Å². The van der Waals surface area contributed by atoms with Gasteiger partial charge in [0.05, 0.1) is 8.95 Å². The van der Waals surface area contributed by atoms with Crippen molar-refractivity contribution in [2.24, 2.45) is 0 Å². The lowest BCUT2D eigenvalue weighted by Crippen LogP contribution is -2.58. The summed E-state index contributed by atoms with van der Waals surface area (Å²) >= 11 is 14.2. The van der Waals surface area contributed by atoms with Gasteiger partial charge in [-0.05, 0) is 102 Å². The van der Waals surface area contributed by atoms with Gasteiger partial charge in [0.2, 0.25) is 0 Å². The molecular weight excluding hydrogens is 663 g/mol. The van der Waals surface area contributed by atoms with E-state index in [1.807, 2.05) is 24.0 Å². The summed E-state index contributed by atoms with van der Waals surface area (Å²) in [5.74, 6) is 0.362. The quantitative estimate of drug-likeness (QED) is 0.260. The highest BCUT2D eigenvalue weighted by Crippen LogP contribution is 2.45. The molecule has 0 saturated carbocycles. The van der Waals surface area contributed by atoms with Gasteiger partial charge in [0, 0.05) is 46.2 Å². The van der Waals surface area contributed by atoms with Gasteiger partial charge in [0.15, 0.2) is 6.61 Å². The molecule has 168 valence electrons. The molecule has 1 fully saturated rings. The summed E-state index contributed by atoms with van der Waals surface area (Å²) in [7, 11) is 0. The highest BCUT2D eigenvalue weighted by atomic mass is 79.9. The third kappa shape index (κ3) is 5.72. The largest absolute Gasteiger partial charge is 0.482 e. The van der Waals surface area contributed by atoms with Crippen LogP contribution in [0.5, 0.6) is 5.75 Å². The van der Waals surface area contributed by atoms with E-state index in [1.165, 1.54) is 12.1 Å². The van der Waals surface area contributed by atoms with Crippen molar-refractivity contribution in [3.63, 3.8) is 0 Å². The highest BCUT2D eigenvalue weighted by molar-refractivity contribution is 9.15. The first-order chi connectivity index (χ1) is 14.6. The van der Waals surface area contributed by atoms with Crippen molar-refractivity contribution in [3.8, 4) is 5.75 Å². The Morgan fingerprint density at radius 1 is 1.00 bits per heavy atom. The Bertz CT molecular complexity index is 942. The van der Waals surface area contributed by atoms with Crippen LogP contribution in [0.4, 0.5) is 4.39 Å². The Hall–Kier alpha value is -0.480. The minimum Gasteiger partial charge on any atom is -0.482 e. The molecule has 0 spiro atoms. The summed E-state index contributed by atoms with van der Waals surface area (Å²) in [4.78, 5) is 17.2. The fraction of sp³-hybridized carbons (Fsp3) is 0.409. The summed E-state index contributed by atoms with van der Waals surface area (Å²) in [6, 6.07) is 6.84. The molecule has 2 atom stereocenters. The molecule has 0 aromatic heterocycles. The van der Waals surface area contributed by atoms with E-state index in [-0.39, 0.29) is 30.4 Å². The maximum atomic E-state index is 13.2. The maximum Gasteiger partial charge on any atom is 0.260 e. The fourth-order valence-electron chi connectivity index (χ4n) is 3.70. The molecule has 1 heterocycles. The zero-order chi connectivity index (χ0) is 22.9. The number of piperazine rings is 1. The van der Waals surface area contributed by atoms with Crippen molar-refractivity contribution in [1.29, 1.82) is 0 Å². The van der Waals surface area contributed by atoms with Gasteiger partial charge < -0.3 is 9.64 Å². The summed E-state index contributed by atoms with van der Waals surface area (Å²) in [5, 5.41) is 0. The second-order valence-corrected chi connectivity index (χ2v) is 11.0. The number of hydrogen-bond donors (Lipinski definition) is 0. The molecule has 1 aliphatic rings. The van der Waals surface area contributed by atoms with Gasteiger partial charge in [0.1, 0.15) is 11.6 Å². The second-order valence-electron chi connectivity index (χ2n) is 7.80. The number of nitrogens with zero attached hydrogens (tertiary/aromatic N) is 2. The van der Waals surface area contributed by atoms with Crippen molar-refractivity contribution >= 4 is 69.6 Å². The predicted molar refractivity (Wildman–Crippen MR) is 135 cm³/mol. The SMILES string of the molecule is Cc1c(Br)c(Br)c(Br)c(Br)c1OCC(=O)N1CC(C)N(Cc2ccc(F)cc2)CC1C. The van der Waals surface area contributed by atoms with Crippen LogP contribution in [0.1, 0.15) is 25.0 Å². The number of halogens is 5. The monoisotopic (exact) mass is 682 g/mol. The zero-order valence-corrected chi connectivity index (χ0v) is 23.7. The first-order valence-electron chi connectivity index (χ1n) is 9.83. The molecule has 2 unspecified atom stereocenters. The van der Waals surface area contributed by atoms with Crippen molar-refractivity contribution in [2.75, 3.05) is 19.7 Å². The van der Waals surface area contributed by atoms with Crippen molar-refractivity contribution in [3.05, 3.63) is 59.1 Å². The van der Waals surface area contributed by atoms with E-state index in [2.05, 4.69) is 82.5 Å². The zero-order valence-electron chi connectivity index (χ0n) is 17.4. The van der Waals surface area contributed by atoms with E-state index in [9.17, 15) is 9.18 Å². The van der Waals surface area contributed by atoms with E-state index in [4.69, 9.17) is 4.74 Å². The Morgan fingerprint density at radius 2 is 1.61 bits per heavy atom. The maximum absolute atomic E-state index is 13.2. The minimum atomic E-state index is -0.229. The van der Waals surface area contributed by atoms with Crippen LogP contribution in [0.3, 0.4) is 0 Å². The van der Waals surface area contributed by atoms with Crippen LogP contribution < -0.4 is 4.74 Å². The highest BCUT2D eigenvalue weighted by Gasteiger charge is 2.32. The molecule has 1 amide bonds. The third-order valence-electron chi connectivity index (χ3n) is 5.52. The molecule has 1 aliphatic heterocycles. The van der Waals surface area contributed by atoms with Gasteiger partial charge in [-0.2, -0.15) is 0 Å². The van der Waals surface area contributed by atoms with Crippen LogP contribution in [0.2, 0.25) is 0 Å². The molecule has 31 heavy (non-hydrogen) atoms. The molecule has 4 nitrogen and oxygen atoms in total. The first kappa shape index (κ1) is 25.1. The normalized spacial score (nSPS) is 19.5. The summed E-state index contributed by atoms with van der Waals surface area (Å²) in [5.41, 5.74) is 1.97. The Labute approximate surface area is 216 Å². The van der Waals surface area contributed by atoms with Gasteiger partial charge in [-0.25, -0.2) is 4.39 Å². The van der Waals surface area contributed by atoms with E-state index in [0.717, 1.165) is 42.1 Å². The second kappa shape index (κ2) is 10.6. The number of ether oxygens (including phenoxy) is 1. The van der Waals surface area contributed by atoms with E-state index >= 15 is 0 Å². The lowest BCUT2D eigenvalue weighted by Gasteiger charge is -2.44. The molecule has 2 aromatic rings. The van der Waals surface area contributed by atoms with Crippen LogP contribution in [-0.2, 0) is 11.3 Å². The Balaban J connectivity index is 1.64. The number of rotatable bonds is 5. The van der Waals surface area contributed by atoms with Crippen LogP contribution >= 0.6 is 63.7 Å². The minimum absolute atomic E-state index is 0.0328. The van der Waals surface area contributed by atoms with Gasteiger partial charge in [-0.1, -0.05) is 12.1 Å². The average Bonchev–Trinajstić information content (AvgIpc) is 2.74.